The van der Waals surface area contributed by atoms with Crippen molar-refractivity contribution in [1.82, 2.24) is 60.4 Å². The van der Waals surface area contributed by atoms with Crippen LogP contribution in [0.2, 0.25) is 20.1 Å². The van der Waals surface area contributed by atoms with Crippen molar-refractivity contribution in [3.8, 4) is 0 Å². The van der Waals surface area contributed by atoms with Crippen LogP contribution in [0.4, 0.5) is 0 Å². The number of aliphatic hydroxyl groups is 4. The molecule has 4 heterocycles. The molecule has 5 N–H and O–H groups in total. The Morgan fingerprint density at radius 2 is 0.617 bits per heavy atom. The summed E-state index contributed by atoms with van der Waals surface area (Å²) in [5, 5.41) is 82.2. The molecule has 4 aromatic heterocycles. The number of nitrogens with one attached hydrogen (secondary N) is 1. The van der Waals surface area contributed by atoms with Gasteiger partial charge in [0.25, 0.3) is 0 Å². The van der Waals surface area contributed by atoms with E-state index in [-0.39, 0.29) is 88.1 Å². The number of halogens is 5. The van der Waals surface area contributed by atoms with E-state index in [0.717, 1.165) is 213 Å². The Labute approximate surface area is 869 Å². The number of rotatable bonds is 11. The van der Waals surface area contributed by atoms with E-state index in [1.807, 2.05) is 76.2 Å². The van der Waals surface area contributed by atoms with Crippen LogP contribution >= 0.6 is 62.3 Å². The van der Waals surface area contributed by atoms with Crippen molar-refractivity contribution in [2.75, 3.05) is 5.33 Å². The van der Waals surface area contributed by atoms with Gasteiger partial charge in [-0.2, -0.15) is 30.4 Å². The number of fused-ring (bicyclic) bond motifs is 24. The van der Waals surface area contributed by atoms with E-state index in [1.165, 1.54) is 116 Å². The normalized spacial score (nSPS) is 42.2. The molecule has 16 saturated carbocycles. The smallest absolute Gasteiger partial charge is 0.159 e. The van der Waals surface area contributed by atoms with Gasteiger partial charge in [-0.15, -0.1) is 10.2 Å². The van der Waals surface area contributed by atoms with Crippen LogP contribution in [-0.2, 0) is 38.8 Å². The highest BCUT2D eigenvalue weighted by atomic mass is 79.9. The minimum absolute atomic E-state index is 0. The van der Waals surface area contributed by atoms with Gasteiger partial charge in [-0.1, -0.05) is 158 Å². The summed E-state index contributed by atoms with van der Waals surface area (Å²) in [5.41, 5.74) is 6.52. The Morgan fingerprint density at radius 3 is 1.00 bits per heavy atom. The standard InChI is InChI=1S/3C28H38ClN3O2.C22H35BrO2.C6H4ClN3.4CH4/c1-26(34)12-13-27(2)17(15-26)4-6-19-20-7-8-22(28(20,3)11-10-21(19)27)25(33)16-32-24-9-5-18(29)14-23(24)30-31-32;1-26(34)12-13-27(2)17(15-26)4-6-19-20-7-8-22(28(20,3)11-10-21(19)27)25(33)16-32-24-14-18(29)5-9-23(24)30-31-32;1-26(34)12-13-27(2)17(15-26)4-6-19-20-7-8-22(28(20,3)11-10-21(19)27)25(33)16-32-30-23-9-5-18(29)14-24(23)31-32;1-20(25)10-11-21(2)14(12-20)4-5-15-16-6-7-18(19(24)13-23)22(16,3)9-8-17(15)21;7-4-1-2-5-6(3-4)9-10-8-5;;;;/h3*5,9,14,17,19-22,34H,4,6-8,10-13,15-16H2,1-3H3;14-18,25H,4-13H2,1-3H3;1-3H,(H,8,9,10);4*1H4/t3*17-,19+,20+,21+,22-,26-,27+,28+;14-,15+,16+,17+,18-,20-,21+,22+;;;;;/m1111...../s1. The zero-order valence-corrected chi connectivity index (χ0v) is 88.1. The Morgan fingerprint density at radius 1 is 0.319 bits per heavy atom. The van der Waals surface area contributed by atoms with Crippen LogP contribution in [0.5, 0.6) is 0 Å². The molecule has 4 aromatic carbocycles. The maximum Gasteiger partial charge on any atom is 0.159 e. The van der Waals surface area contributed by atoms with E-state index in [2.05, 4.69) is 118 Å². The summed E-state index contributed by atoms with van der Waals surface area (Å²) in [6.07, 6.45) is 41.1. The molecule has 0 saturated heterocycles. The lowest BCUT2D eigenvalue weighted by Crippen LogP contribution is -2.55. The lowest BCUT2D eigenvalue weighted by atomic mass is 9.44. The first-order chi connectivity index (χ1) is 64.9. The molecular weight excluding hydrogens is 1910 g/mol. The third kappa shape index (κ3) is 19.5. The first-order valence-electron chi connectivity index (χ1n) is 53.4. The number of ketones is 4. The van der Waals surface area contributed by atoms with E-state index in [9.17, 15) is 39.6 Å². The third-order valence-corrected chi connectivity index (χ3v) is 45.5. The number of hydrogen-bond donors (Lipinski definition) is 5. The van der Waals surface area contributed by atoms with Crippen LogP contribution in [0.25, 0.3) is 44.1 Å². The molecule has 0 spiro atoms. The molecule has 0 bridgehead atoms. The Balaban J connectivity index is 0.000000130. The van der Waals surface area contributed by atoms with Crippen LogP contribution in [0.1, 0.15) is 344 Å². The number of carbonyl (C=O) groups excluding carboxylic acids is 4. The number of aromatic nitrogens is 12. The molecule has 0 amide bonds. The number of nitrogens with zero attached hydrogens (tertiary/aromatic N) is 11. The summed E-state index contributed by atoms with van der Waals surface area (Å²) in [5.74, 6) is 13.4. The zero-order chi connectivity index (χ0) is 96.7. The topological polar surface area (TPSA) is 283 Å². The molecule has 24 rings (SSSR count). The highest BCUT2D eigenvalue weighted by molar-refractivity contribution is 9.09. The predicted molar refractivity (Wildman–Crippen MR) is 571 cm³/mol. The molecule has 776 valence electrons. The van der Waals surface area contributed by atoms with Gasteiger partial charge in [0.15, 0.2) is 17.3 Å². The van der Waals surface area contributed by atoms with E-state index in [4.69, 9.17) is 46.4 Å². The molecule has 141 heavy (non-hydrogen) atoms. The fraction of sp³-hybridized carbons (Fsp3) is 0.759. The van der Waals surface area contributed by atoms with E-state index >= 15 is 0 Å². The summed E-state index contributed by atoms with van der Waals surface area (Å²) >= 11 is 27.5. The highest BCUT2D eigenvalue weighted by Crippen LogP contribution is 2.74. The summed E-state index contributed by atoms with van der Waals surface area (Å²) < 4.78 is 3.50. The predicted octanol–water partition coefficient (Wildman–Crippen LogP) is 27.7. The van der Waals surface area contributed by atoms with Crippen LogP contribution in [0.3, 0.4) is 0 Å². The Kier molecular flexibility index (Phi) is 30.9. The molecule has 0 radical (unpaired) electrons. The number of alkyl halides is 1. The first kappa shape index (κ1) is 108. The lowest BCUT2D eigenvalue weighted by Gasteiger charge is -2.61. The highest BCUT2D eigenvalue weighted by Gasteiger charge is 2.68. The van der Waals surface area contributed by atoms with Crippen LogP contribution in [0, 0.1) is 162 Å². The van der Waals surface area contributed by atoms with Gasteiger partial charge in [0, 0.05) is 43.8 Å². The molecule has 8 aromatic rings. The van der Waals surface area contributed by atoms with Crippen molar-refractivity contribution in [2.45, 2.75) is 386 Å². The van der Waals surface area contributed by atoms with Crippen molar-refractivity contribution in [2.24, 2.45) is 162 Å². The van der Waals surface area contributed by atoms with Gasteiger partial charge in [0.1, 0.15) is 58.5 Å². The maximum atomic E-state index is 13.7. The fourth-order valence-corrected chi connectivity index (χ4v) is 37.7. The summed E-state index contributed by atoms with van der Waals surface area (Å²) in [4.78, 5) is 55.0. The SMILES string of the molecule is C.C.C.C.C[C@@]1(O)CC[C@@]2(C)[C@H](CC[C@@H]3[C@@H]2CC[C@]2(C)[C@@H](C(=O)CBr)CC[C@@H]32)C1.C[C@@]1(O)CC[C@@]2(C)[C@H](CC[C@@H]3[C@@H]2CC[C@]2(C)[C@@H](C(=O)Cn4nc5ccc(Cl)cc5n4)CC[C@@H]32)C1.C[C@@]1(O)CC[C@@]2(C)[C@H](CC[C@@H]3[C@@H]2CC[C@]2(C)[C@@H](C(=O)Cn4nnc5cc(Cl)ccc54)CC[C@@H]32)C1.C[C@@]1(O)CC[C@@]2(C)[C@H](CC[C@@H]3[C@@H]2CC[C@]2(C)[C@@H](C(=O)Cn4nnc5ccc(Cl)cc54)CC[C@@H]32)C1.Clc1ccc2n[nH]nc2c1. The Hall–Kier alpha value is -5.36. The van der Waals surface area contributed by atoms with Gasteiger partial charge in [0.05, 0.1) is 38.8 Å². The van der Waals surface area contributed by atoms with Gasteiger partial charge in [-0.3, -0.25) is 19.2 Å². The number of aromatic amines is 1. The monoisotopic (exact) mass is 2080 g/mol. The van der Waals surface area contributed by atoms with Crippen LogP contribution in [-0.4, -0.2) is 132 Å². The minimum Gasteiger partial charge on any atom is -0.390 e. The largest absolute Gasteiger partial charge is 0.390 e. The average molecular weight is 2080 g/mol. The molecule has 0 aliphatic heterocycles. The quantitative estimate of drug-likeness (QED) is 0.0752. The number of H-pyrrole nitrogens is 1. The second kappa shape index (κ2) is 40.2. The molecule has 20 nitrogen and oxygen atoms in total. The van der Waals surface area contributed by atoms with Crippen LogP contribution < -0.4 is 0 Å². The summed E-state index contributed by atoms with van der Waals surface area (Å²) in [6.45, 7) is 28.8. The number of hydrogen-bond acceptors (Lipinski definition) is 16. The van der Waals surface area contributed by atoms with E-state index in [0.29, 0.717) is 118 Å². The van der Waals surface area contributed by atoms with E-state index in [1.54, 1.807) is 38.4 Å². The minimum atomic E-state index is -0.485. The number of Topliss-reactive ketones (excluding diaryl/α,β-unsaturated/α-hetero) is 4. The van der Waals surface area contributed by atoms with Crippen molar-refractivity contribution in [3.63, 3.8) is 0 Å². The van der Waals surface area contributed by atoms with Gasteiger partial charge >= 0.3 is 0 Å². The zero-order valence-electron chi connectivity index (χ0n) is 83.5. The molecule has 25 heteroatoms. The van der Waals surface area contributed by atoms with Gasteiger partial charge in [0.2, 0.25) is 0 Å². The fourth-order valence-electron chi connectivity index (χ4n) is 36.6. The van der Waals surface area contributed by atoms with Crippen molar-refractivity contribution in [3.05, 3.63) is 92.9 Å². The summed E-state index contributed by atoms with van der Waals surface area (Å²) in [6, 6.07) is 21.9. The molecule has 16 aliphatic carbocycles. The molecular formula is C116H169BrCl4N12O8. The first-order valence-corrected chi connectivity index (χ1v) is 56.0. The second-order valence-corrected chi connectivity index (χ2v) is 53.5. The molecule has 32 atom stereocenters. The van der Waals surface area contributed by atoms with E-state index < -0.39 is 22.4 Å². The average Bonchev–Trinajstić information content (AvgIpc) is 1.70. The number of carbonyl (C=O) groups is 4. The van der Waals surface area contributed by atoms with Gasteiger partial charge < -0.3 is 20.4 Å². The molecule has 16 aliphatic rings. The lowest BCUT2D eigenvalue weighted by molar-refractivity contribution is -0.151. The number of benzene rings is 4. The maximum absolute atomic E-state index is 13.7. The molecule has 0 unspecified atom stereocenters. The van der Waals surface area contributed by atoms with Crippen molar-refractivity contribution >= 4 is 130 Å². The van der Waals surface area contributed by atoms with Gasteiger partial charge in [-0.05, 0) is 470 Å². The second-order valence-electron chi connectivity index (χ2n) is 51.2. The van der Waals surface area contributed by atoms with Crippen molar-refractivity contribution < 1.29 is 39.6 Å². The molecule has 16 fully saturated rings. The summed E-state index contributed by atoms with van der Waals surface area (Å²) in [7, 11) is 0. The van der Waals surface area contributed by atoms with Crippen molar-refractivity contribution in [1.29, 1.82) is 0 Å². The van der Waals surface area contributed by atoms with Crippen LogP contribution in [0.15, 0.2) is 72.8 Å². The third-order valence-electron chi connectivity index (χ3n) is 44.0. The van der Waals surface area contributed by atoms with Gasteiger partial charge in [-0.25, -0.2) is 9.36 Å². The Bertz CT molecular complexity index is 5860.